The van der Waals surface area contributed by atoms with Crippen molar-refractivity contribution in [1.82, 2.24) is 4.90 Å². The van der Waals surface area contributed by atoms with Gasteiger partial charge in [-0.15, -0.1) is 0 Å². The Morgan fingerprint density at radius 1 is 1.29 bits per heavy atom. The molecule has 2 nitrogen and oxygen atoms in total. The highest BCUT2D eigenvalue weighted by Crippen LogP contribution is 2.18. The average molecular weight is 257 g/mol. The Bertz CT molecular complexity index is 364. The highest BCUT2D eigenvalue weighted by Gasteiger charge is 2.10. The third-order valence-electron chi connectivity index (χ3n) is 3.10. The van der Waals surface area contributed by atoms with Crippen molar-refractivity contribution < 1.29 is 4.39 Å². The molecule has 0 unspecified atom stereocenters. The van der Waals surface area contributed by atoms with Crippen molar-refractivity contribution in [1.29, 1.82) is 0 Å². The average Bonchev–Trinajstić information content (AvgIpc) is 2.82. The molecule has 2 rings (SSSR count). The summed E-state index contributed by atoms with van der Waals surface area (Å²) in [5, 5.41) is 3.39. The van der Waals surface area contributed by atoms with Crippen LogP contribution in [0.15, 0.2) is 18.2 Å². The summed E-state index contributed by atoms with van der Waals surface area (Å²) in [4.78, 5) is 2.48. The van der Waals surface area contributed by atoms with E-state index < -0.39 is 0 Å². The number of hydrogen-bond donors (Lipinski definition) is 1. The summed E-state index contributed by atoms with van der Waals surface area (Å²) < 4.78 is 13.2. The fourth-order valence-corrected chi connectivity index (χ4v) is 2.27. The number of likely N-dealkylation sites (tertiary alicyclic amines) is 1. The summed E-state index contributed by atoms with van der Waals surface area (Å²) >= 11 is 5.62. The predicted octanol–water partition coefficient (Wildman–Crippen LogP) is 3.38. The molecule has 0 aliphatic carbocycles. The lowest BCUT2D eigenvalue weighted by atomic mass is 10.3. The Morgan fingerprint density at radius 2 is 2.06 bits per heavy atom. The highest BCUT2D eigenvalue weighted by molar-refractivity contribution is 6.30. The molecular weight excluding hydrogens is 239 g/mol. The highest BCUT2D eigenvalue weighted by atomic mass is 35.5. The molecule has 0 spiro atoms. The van der Waals surface area contributed by atoms with Crippen LogP contribution in [-0.2, 0) is 0 Å². The molecule has 1 N–H and O–H groups in total. The minimum atomic E-state index is -0.365. The Balaban J connectivity index is 1.68. The molecule has 1 fully saturated rings. The Hall–Kier alpha value is -0.800. The van der Waals surface area contributed by atoms with Gasteiger partial charge >= 0.3 is 0 Å². The fourth-order valence-electron chi connectivity index (χ4n) is 2.15. The largest absolute Gasteiger partial charge is 0.385 e. The number of hydrogen-bond acceptors (Lipinski definition) is 2. The summed E-state index contributed by atoms with van der Waals surface area (Å²) in [5.74, 6) is -0.365. The van der Waals surface area contributed by atoms with E-state index in [4.69, 9.17) is 11.6 Å². The van der Waals surface area contributed by atoms with E-state index in [1.165, 1.54) is 32.0 Å². The van der Waals surface area contributed by atoms with E-state index in [0.717, 1.165) is 25.2 Å². The number of halogens is 2. The first-order valence-corrected chi connectivity index (χ1v) is 6.55. The first-order chi connectivity index (χ1) is 8.25. The maximum absolute atomic E-state index is 13.2. The molecule has 1 aliphatic heterocycles. The van der Waals surface area contributed by atoms with Gasteiger partial charge in [-0.25, -0.2) is 4.39 Å². The van der Waals surface area contributed by atoms with Crippen molar-refractivity contribution in [3.8, 4) is 0 Å². The summed E-state index contributed by atoms with van der Waals surface area (Å²) in [5.41, 5.74) is 0.799. The third kappa shape index (κ3) is 3.86. The predicted molar refractivity (Wildman–Crippen MR) is 70.2 cm³/mol. The molecule has 4 heteroatoms. The van der Waals surface area contributed by atoms with Gasteiger partial charge in [-0.05, 0) is 57.1 Å². The molecule has 17 heavy (non-hydrogen) atoms. The Kier molecular flexibility index (Phi) is 4.63. The monoisotopic (exact) mass is 256 g/mol. The van der Waals surface area contributed by atoms with Crippen molar-refractivity contribution in [3.05, 3.63) is 29.0 Å². The van der Waals surface area contributed by atoms with E-state index in [0.29, 0.717) is 0 Å². The van der Waals surface area contributed by atoms with E-state index >= 15 is 0 Å². The molecule has 1 saturated heterocycles. The third-order valence-corrected chi connectivity index (χ3v) is 3.41. The van der Waals surface area contributed by atoms with Crippen LogP contribution < -0.4 is 5.32 Å². The number of nitrogens with zero attached hydrogens (tertiary/aromatic N) is 1. The van der Waals surface area contributed by atoms with E-state index in [1.54, 1.807) is 12.1 Å². The van der Waals surface area contributed by atoms with Crippen LogP contribution in [0.4, 0.5) is 10.1 Å². The summed E-state index contributed by atoms with van der Waals surface area (Å²) in [6.07, 6.45) is 3.75. The molecule has 1 aliphatic rings. The van der Waals surface area contributed by atoms with Crippen molar-refractivity contribution in [2.24, 2.45) is 0 Å². The smallest absolute Gasteiger partial charge is 0.143 e. The minimum absolute atomic E-state index is 0.174. The molecule has 0 atom stereocenters. The van der Waals surface area contributed by atoms with Crippen LogP contribution >= 0.6 is 11.6 Å². The SMILES string of the molecule is Fc1cc(NCCCN2CCCC2)ccc1Cl. The molecule has 0 amide bonds. The van der Waals surface area contributed by atoms with Crippen LogP contribution in [0.5, 0.6) is 0 Å². The van der Waals surface area contributed by atoms with Crippen molar-refractivity contribution in [3.63, 3.8) is 0 Å². The van der Waals surface area contributed by atoms with E-state index in [1.807, 2.05) is 0 Å². The van der Waals surface area contributed by atoms with Gasteiger partial charge in [0.2, 0.25) is 0 Å². The van der Waals surface area contributed by atoms with Gasteiger partial charge in [-0.1, -0.05) is 11.6 Å². The molecule has 1 aromatic carbocycles. The van der Waals surface area contributed by atoms with Crippen molar-refractivity contribution in [2.45, 2.75) is 19.3 Å². The zero-order valence-electron chi connectivity index (χ0n) is 9.88. The van der Waals surface area contributed by atoms with Crippen molar-refractivity contribution in [2.75, 3.05) is 31.5 Å². The fraction of sp³-hybridized carbons (Fsp3) is 0.538. The second-order valence-electron chi connectivity index (χ2n) is 4.46. The maximum atomic E-state index is 13.2. The standard InChI is InChI=1S/C13H18ClFN2/c14-12-5-4-11(10-13(12)15)16-6-3-9-17-7-1-2-8-17/h4-5,10,16H,1-3,6-9H2. The van der Waals surface area contributed by atoms with Crippen LogP contribution in [0.2, 0.25) is 5.02 Å². The van der Waals surface area contributed by atoms with E-state index in [-0.39, 0.29) is 10.8 Å². The zero-order chi connectivity index (χ0) is 12.1. The molecule has 0 saturated carbocycles. The minimum Gasteiger partial charge on any atom is -0.385 e. The van der Waals surface area contributed by atoms with E-state index in [2.05, 4.69) is 10.2 Å². The lowest BCUT2D eigenvalue weighted by Gasteiger charge is -2.14. The van der Waals surface area contributed by atoms with Crippen molar-refractivity contribution >= 4 is 17.3 Å². The summed E-state index contributed by atoms with van der Waals surface area (Å²) in [6.45, 7) is 4.46. The Morgan fingerprint density at radius 3 is 2.76 bits per heavy atom. The lowest BCUT2D eigenvalue weighted by molar-refractivity contribution is 0.337. The van der Waals surface area contributed by atoms with Gasteiger partial charge in [0.15, 0.2) is 0 Å². The number of anilines is 1. The van der Waals surface area contributed by atoms with Crippen LogP contribution in [0, 0.1) is 5.82 Å². The first-order valence-electron chi connectivity index (χ1n) is 6.17. The summed E-state index contributed by atoms with van der Waals surface area (Å²) in [7, 11) is 0. The van der Waals surface area contributed by atoms with Gasteiger partial charge in [0.1, 0.15) is 5.82 Å². The molecule has 94 valence electrons. The quantitative estimate of drug-likeness (QED) is 0.813. The van der Waals surface area contributed by atoms with Gasteiger partial charge in [0.25, 0.3) is 0 Å². The number of rotatable bonds is 5. The molecule has 0 bridgehead atoms. The Labute approximate surface area is 107 Å². The van der Waals surface area contributed by atoms with Gasteiger partial charge in [0.05, 0.1) is 5.02 Å². The molecule has 0 aromatic heterocycles. The first kappa shape index (κ1) is 12.7. The van der Waals surface area contributed by atoms with Gasteiger partial charge < -0.3 is 10.2 Å². The summed E-state index contributed by atoms with van der Waals surface area (Å²) in [6, 6.07) is 4.83. The normalized spacial score (nSPS) is 16.4. The maximum Gasteiger partial charge on any atom is 0.143 e. The number of nitrogens with one attached hydrogen (secondary N) is 1. The van der Waals surface area contributed by atoms with Gasteiger partial charge in [-0.3, -0.25) is 0 Å². The van der Waals surface area contributed by atoms with Crippen LogP contribution in [0.25, 0.3) is 0 Å². The molecular formula is C13H18ClFN2. The zero-order valence-corrected chi connectivity index (χ0v) is 10.6. The molecule has 1 aromatic rings. The van der Waals surface area contributed by atoms with Crippen LogP contribution in [0.3, 0.4) is 0 Å². The van der Waals surface area contributed by atoms with E-state index in [9.17, 15) is 4.39 Å². The topological polar surface area (TPSA) is 15.3 Å². The molecule has 1 heterocycles. The lowest BCUT2D eigenvalue weighted by Crippen LogP contribution is -2.22. The number of benzene rings is 1. The molecule has 0 radical (unpaired) electrons. The second kappa shape index (κ2) is 6.22. The van der Waals surface area contributed by atoms with Crippen LogP contribution in [-0.4, -0.2) is 31.1 Å². The second-order valence-corrected chi connectivity index (χ2v) is 4.87. The van der Waals surface area contributed by atoms with Crippen LogP contribution in [0.1, 0.15) is 19.3 Å². The van der Waals surface area contributed by atoms with Gasteiger partial charge in [0, 0.05) is 12.2 Å². The van der Waals surface area contributed by atoms with Gasteiger partial charge in [-0.2, -0.15) is 0 Å².